The lowest BCUT2D eigenvalue weighted by Crippen LogP contribution is -2.52. The first-order valence-electron chi connectivity index (χ1n) is 11.7. The van der Waals surface area contributed by atoms with Crippen LogP contribution in [0, 0.1) is 6.92 Å². The number of H-pyrrole nitrogens is 1. The average Bonchev–Trinajstić information content (AvgIpc) is 3.17. The molecule has 190 valence electrons. The molecule has 1 aliphatic carbocycles. The fourth-order valence-corrected chi connectivity index (χ4v) is 5.00. The van der Waals surface area contributed by atoms with Crippen LogP contribution in [0.2, 0.25) is 0 Å². The summed E-state index contributed by atoms with van der Waals surface area (Å²) in [6.45, 7) is 2.36. The lowest BCUT2D eigenvalue weighted by molar-refractivity contribution is -0.0880. The number of halogens is 3. The molecule has 1 saturated carbocycles. The van der Waals surface area contributed by atoms with E-state index in [1.54, 1.807) is 16.0 Å². The number of pyridine rings is 1. The number of aryl methyl sites for hydroxylation is 1. The lowest BCUT2D eigenvalue weighted by atomic mass is 9.93. The zero-order valence-corrected chi connectivity index (χ0v) is 20.7. The van der Waals surface area contributed by atoms with Gasteiger partial charge in [0.15, 0.2) is 0 Å². The van der Waals surface area contributed by atoms with E-state index in [0.29, 0.717) is 42.6 Å². The molecule has 1 saturated heterocycles. The van der Waals surface area contributed by atoms with E-state index >= 15 is 0 Å². The summed E-state index contributed by atoms with van der Waals surface area (Å²) in [4.78, 5) is 32.4. The van der Waals surface area contributed by atoms with E-state index in [0.717, 1.165) is 35.7 Å². The normalized spacial score (nSPS) is 17.5. The number of hydrogen-bond acceptors (Lipinski definition) is 5. The molecule has 11 heteroatoms. The van der Waals surface area contributed by atoms with Gasteiger partial charge in [-0.2, -0.15) is 5.10 Å². The van der Waals surface area contributed by atoms with Crippen molar-refractivity contribution >= 4 is 40.1 Å². The van der Waals surface area contributed by atoms with E-state index < -0.39 is 12.5 Å². The fourth-order valence-electron chi connectivity index (χ4n) is 5.00. The number of piperazine rings is 1. The molecule has 2 aromatic heterocycles. The molecule has 3 aromatic rings. The SMILES string of the molecule is COCC(F)(F)CN1CCN(C(=O)c2cc3c(cc2C)[nH]c(=O)c2cnn(C4CCC4)c23)CC1.Cl. The number of nitrogens with one attached hydrogen (secondary N) is 1. The molecule has 3 heterocycles. The molecular weight excluding hydrogens is 480 g/mol. The Morgan fingerprint density at radius 2 is 1.91 bits per heavy atom. The van der Waals surface area contributed by atoms with E-state index in [1.165, 1.54) is 7.11 Å². The van der Waals surface area contributed by atoms with Crippen molar-refractivity contribution < 1.29 is 18.3 Å². The summed E-state index contributed by atoms with van der Waals surface area (Å²) in [7, 11) is 1.26. The summed E-state index contributed by atoms with van der Waals surface area (Å²) in [5, 5.41) is 5.81. The number of amides is 1. The molecule has 1 amide bonds. The number of carbonyl (C=O) groups excluding carboxylic acids is 1. The van der Waals surface area contributed by atoms with Crippen molar-refractivity contribution in [1.82, 2.24) is 24.6 Å². The third-order valence-corrected chi connectivity index (χ3v) is 7.03. The molecule has 1 aliphatic heterocycles. The molecule has 0 atom stereocenters. The predicted octanol–water partition coefficient (Wildman–Crippen LogP) is 3.37. The highest BCUT2D eigenvalue weighted by Gasteiger charge is 2.34. The lowest BCUT2D eigenvalue weighted by Gasteiger charge is -2.36. The predicted molar refractivity (Wildman–Crippen MR) is 132 cm³/mol. The number of aromatic amines is 1. The van der Waals surface area contributed by atoms with Gasteiger partial charge in [-0.25, -0.2) is 8.78 Å². The van der Waals surface area contributed by atoms with Crippen molar-refractivity contribution in [2.45, 2.75) is 38.2 Å². The smallest absolute Gasteiger partial charge is 0.283 e. The molecule has 5 rings (SSSR count). The van der Waals surface area contributed by atoms with Crippen LogP contribution in [0.5, 0.6) is 0 Å². The highest BCUT2D eigenvalue weighted by Crippen LogP contribution is 2.35. The van der Waals surface area contributed by atoms with Gasteiger partial charge in [0, 0.05) is 44.2 Å². The largest absolute Gasteiger partial charge is 0.378 e. The van der Waals surface area contributed by atoms with Crippen LogP contribution in [-0.2, 0) is 4.74 Å². The summed E-state index contributed by atoms with van der Waals surface area (Å²) in [5.74, 6) is -3.04. The van der Waals surface area contributed by atoms with Gasteiger partial charge in [-0.05, 0) is 43.9 Å². The summed E-state index contributed by atoms with van der Waals surface area (Å²) in [6, 6.07) is 3.96. The van der Waals surface area contributed by atoms with Gasteiger partial charge in [0.2, 0.25) is 0 Å². The first kappa shape index (κ1) is 25.5. The topological polar surface area (TPSA) is 83.5 Å². The van der Waals surface area contributed by atoms with Crippen LogP contribution in [-0.4, -0.2) is 82.8 Å². The van der Waals surface area contributed by atoms with E-state index in [-0.39, 0.29) is 36.5 Å². The van der Waals surface area contributed by atoms with Gasteiger partial charge in [-0.15, -0.1) is 12.4 Å². The third-order valence-electron chi connectivity index (χ3n) is 7.03. The van der Waals surface area contributed by atoms with Crippen molar-refractivity contribution in [2.75, 3.05) is 46.4 Å². The number of nitrogens with zero attached hydrogens (tertiary/aromatic N) is 4. The van der Waals surface area contributed by atoms with Crippen LogP contribution in [0.3, 0.4) is 0 Å². The first-order chi connectivity index (χ1) is 16.3. The Bertz CT molecular complexity index is 1300. The van der Waals surface area contributed by atoms with Crippen LogP contribution in [0.15, 0.2) is 23.1 Å². The Kier molecular flexibility index (Phi) is 7.17. The summed E-state index contributed by atoms with van der Waals surface area (Å²) < 4.78 is 34.3. The molecule has 0 radical (unpaired) electrons. The van der Waals surface area contributed by atoms with Crippen molar-refractivity contribution in [1.29, 1.82) is 0 Å². The Morgan fingerprint density at radius 1 is 1.20 bits per heavy atom. The van der Waals surface area contributed by atoms with Gasteiger partial charge >= 0.3 is 0 Å². The number of methoxy groups -OCH3 is 1. The van der Waals surface area contributed by atoms with Crippen LogP contribution >= 0.6 is 12.4 Å². The summed E-state index contributed by atoms with van der Waals surface area (Å²) >= 11 is 0. The van der Waals surface area contributed by atoms with E-state index in [9.17, 15) is 18.4 Å². The monoisotopic (exact) mass is 509 g/mol. The molecule has 2 aliphatic rings. The Morgan fingerprint density at radius 3 is 2.54 bits per heavy atom. The zero-order valence-electron chi connectivity index (χ0n) is 19.9. The number of hydrogen-bond donors (Lipinski definition) is 1. The van der Waals surface area contributed by atoms with Gasteiger partial charge in [-0.3, -0.25) is 19.2 Å². The minimum Gasteiger partial charge on any atom is -0.378 e. The van der Waals surface area contributed by atoms with Crippen LogP contribution in [0.25, 0.3) is 21.8 Å². The minimum absolute atomic E-state index is 0. The highest BCUT2D eigenvalue weighted by atomic mass is 35.5. The quantitative estimate of drug-likeness (QED) is 0.551. The molecule has 0 bridgehead atoms. The van der Waals surface area contributed by atoms with Crippen LogP contribution < -0.4 is 5.56 Å². The molecular formula is C24H30ClF2N5O3. The maximum atomic E-state index is 13.9. The molecule has 0 unspecified atom stereocenters. The number of carbonyl (C=O) groups is 1. The maximum absolute atomic E-state index is 13.9. The van der Waals surface area contributed by atoms with Gasteiger partial charge in [0.05, 0.1) is 35.2 Å². The molecule has 2 fully saturated rings. The molecule has 0 spiro atoms. The second-order valence-electron chi connectivity index (χ2n) is 9.46. The Labute approximate surface area is 207 Å². The molecule has 35 heavy (non-hydrogen) atoms. The van der Waals surface area contributed by atoms with E-state index in [1.807, 2.05) is 23.7 Å². The average molecular weight is 510 g/mol. The summed E-state index contributed by atoms with van der Waals surface area (Å²) in [6.07, 6.45) is 4.79. The maximum Gasteiger partial charge on any atom is 0.283 e. The van der Waals surface area contributed by atoms with Crippen LogP contribution in [0.4, 0.5) is 8.78 Å². The minimum atomic E-state index is -2.92. The molecule has 1 N–H and O–H groups in total. The number of ether oxygens (including phenoxy) is 1. The number of aromatic nitrogens is 3. The highest BCUT2D eigenvalue weighted by molar-refractivity contribution is 6.07. The van der Waals surface area contributed by atoms with Gasteiger partial charge in [-0.1, -0.05) is 0 Å². The number of fused-ring (bicyclic) bond motifs is 3. The second kappa shape index (κ2) is 9.83. The standard InChI is InChI=1S/C24H29F2N5O3.ClH/c1-15-10-20-18(21-19(22(32)28-20)12-27-31(21)16-4-3-5-16)11-17(15)23(33)30-8-6-29(7-9-30)13-24(25,26)14-34-2;/h10-12,16H,3-9,13-14H2,1-2H3,(H,28,32);1H. The van der Waals surface area contributed by atoms with Crippen molar-refractivity contribution in [3.05, 3.63) is 39.8 Å². The van der Waals surface area contributed by atoms with Gasteiger partial charge in [0.25, 0.3) is 17.4 Å². The van der Waals surface area contributed by atoms with Gasteiger partial charge in [0.1, 0.15) is 6.61 Å². The van der Waals surface area contributed by atoms with Crippen molar-refractivity contribution in [3.63, 3.8) is 0 Å². The number of benzene rings is 1. The number of alkyl halides is 2. The first-order valence-corrected chi connectivity index (χ1v) is 11.7. The summed E-state index contributed by atoms with van der Waals surface area (Å²) in [5.41, 5.74) is 2.57. The Balaban J connectivity index is 0.00000289. The van der Waals surface area contributed by atoms with Crippen LogP contribution in [0.1, 0.15) is 41.2 Å². The molecule has 1 aromatic carbocycles. The Hall–Kier alpha value is -2.56. The van der Waals surface area contributed by atoms with Crippen molar-refractivity contribution in [2.24, 2.45) is 0 Å². The second-order valence-corrected chi connectivity index (χ2v) is 9.46. The third kappa shape index (κ3) is 4.79. The number of rotatable bonds is 6. The van der Waals surface area contributed by atoms with Crippen molar-refractivity contribution in [3.8, 4) is 0 Å². The van der Waals surface area contributed by atoms with Gasteiger partial charge < -0.3 is 14.6 Å². The zero-order chi connectivity index (χ0) is 24.0. The molecule has 8 nitrogen and oxygen atoms in total. The fraction of sp³-hybridized carbons (Fsp3) is 0.542. The van der Waals surface area contributed by atoms with E-state index in [2.05, 4.69) is 14.8 Å². The van der Waals surface area contributed by atoms with E-state index in [4.69, 9.17) is 0 Å².